The summed E-state index contributed by atoms with van der Waals surface area (Å²) in [6.45, 7) is 2.17. The van der Waals surface area contributed by atoms with E-state index in [0.29, 0.717) is 22.7 Å². The van der Waals surface area contributed by atoms with Gasteiger partial charge in [0.25, 0.3) is 0 Å². The molecule has 2 aromatic carbocycles. The molecule has 4 rings (SSSR count). The van der Waals surface area contributed by atoms with Crippen molar-refractivity contribution in [3.05, 3.63) is 60.9 Å². The largest absolute Gasteiger partial charge is 0.497 e. The number of carbonyl (C=O) groups is 1. The molecule has 0 bridgehead atoms. The minimum absolute atomic E-state index is 0.0613. The molecule has 2 heterocycles. The number of hydrogen-bond donors (Lipinski definition) is 1. The zero-order valence-electron chi connectivity index (χ0n) is 18.4. The smallest absolute Gasteiger partial charge is 0.305 e. The number of furan rings is 1. The monoisotopic (exact) mass is 448 g/mol. The van der Waals surface area contributed by atoms with E-state index in [-0.39, 0.29) is 25.7 Å². The predicted octanol–water partition coefficient (Wildman–Crippen LogP) is 4.82. The summed E-state index contributed by atoms with van der Waals surface area (Å²) in [6, 6.07) is 17.4. The molecular weight excluding hydrogens is 424 g/mol. The second-order valence-corrected chi connectivity index (χ2v) is 7.41. The van der Waals surface area contributed by atoms with Crippen LogP contribution in [-0.2, 0) is 9.53 Å². The highest BCUT2D eigenvalue weighted by Crippen LogP contribution is 2.43. The van der Waals surface area contributed by atoms with Crippen molar-refractivity contribution in [2.45, 2.75) is 19.4 Å². The predicted molar refractivity (Wildman–Crippen MR) is 122 cm³/mol. The van der Waals surface area contributed by atoms with Gasteiger partial charge in [-0.1, -0.05) is 42.5 Å². The zero-order chi connectivity index (χ0) is 23.2. The minimum atomic E-state index is -0.906. The number of benzene rings is 2. The summed E-state index contributed by atoms with van der Waals surface area (Å²) in [5.74, 6) is 0.863. The van der Waals surface area contributed by atoms with Crippen molar-refractivity contribution in [1.82, 2.24) is 9.97 Å². The highest BCUT2D eigenvalue weighted by Gasteiger charge is 2.24. The Bertz CT molecular complexity index is 1220. The molecular formula is C25H24N2O6. The average Bonchev–Trinajstić information content (AvgIpc) is 3.23. The third kappa shape index (κ3) is 5.12. The van der Waals surface area contributed by atoms with Crippen molar-refractivity contribution in [1.29, 1.82) is 0 Å². The molecule has 8 nitrogen and oxygen atoms in total. The number of carboxylic acid groups (broad SMARTS) is 1. The van der Waals surface area contributed by atoms with Crippen LogP contribution in [0.2, 0.25) is 0 Å². The molecule has 0 aliphatic heterocycles. The lowest BCUT2D eigenvalue weighted by atomic mass is 9.99. The molecule has 0 saturated carbocycles. The van der Waals surface area contributed by atoms with Gasteiger partial charge in [0.1, 0.15) is 29.3 Å². The van der Waals surface area contributed by atoms with Gasteiger partial charge in [-0.05, 0) is 24.6 Å². The third-order valence-corrected chi connectivity index (χ3v) is 4.99. The van der Waals surface area contributed by atoms with Crippen molar-refractivity contribution >= 4 is 17.1 Å². The second kappa shape index (κ2) is 10.1. The first-order valence-electron chi connectivity index (χ1n) is 10.5. The van der Waals surface area contributed by atoms with Gasteiger partial charge in [-0.15, -0.1) is 0 Å². The number of ether oxygens (including phenoxy) is 3. The summed E-state index contributed by atoms with van der Waals surface area (Å²) in [4.78, 5) is 19.4. The highest BCUT2D eigenvalue weighted by molar-refractivity contribution is 6.03. The molecule has 33 heavy (non-hydrogen) atoms. The molecule has 0 radical (unpaired) electrons. The van der Waals surface area contributed by atoms with Gasteiger partial charge in [0.15, 0.2) is 0 Å². The molecule has 8 heteroatoms. The van der Waals surface area contributed by atoms with Gasteiger partial charge < -0.3 is 23.7 Å². The topological polar surface area (TPSA) is 104 Å². The van der Waals surface area contributed by atoms with Crippen LogP contribution < -0.4 is 9.47 Å². The molecule has 0 spiro atoms. The van der Waals surface area contributed by atoms with Gasteiger partial charge in [0.05, 0.1) is 26.7 Å². The molecule has 1 atom stereocenters. The Morgan fingerprint density at radius 1 is 1.06 bits per heavy atom. The second-order valence-electron chi connectivity index (χ2n) is 7.41. The number of nitrogens with zero attached hydrogens (tertiary/aromatic N) is 2. The summed E-state index contributed by atoms with van der Waals surface area (Å²) in [7, 11) is 1.62. The fourth-order valence-electron chi connectivity index (χ4n) is 3.46. The molecule has 0 amide bonds. The summed E-state index contributed by atoms with van der Waals surface area (Å²) < 4.78 is 23.0. The summed E-state index contributed by atoms with van der Waals surface area (Å²) >= 11 is 0. The maximum absolute atomic E-state index is 10.7. The molecule has 2 aromatic heterocycles. The lowest BCUT2D eigenvalue weighted by Crippen LogP contribution is -2.20. The Morgan fingerprint density at radius 3 is 2.52 bits per heavy atom. The van der Waals surface area contributed by atoms with E-state index in [1.54, 1.807) is 7.11 Å². The lowest BCUT2D eigenvalue weighted by molar-refractivity contribution is -0.138. The molecule has 0 fully saturated rings. The Balaban J connectivity index is 1.74. The zero-order valence-corrected chi connectivity index (χ0v) is 18.4. The van der Waals surface area contributed by atoms with Crippen LogP contribution in [0.1, 0.15) is 13.3 Å². The van der Waals surface area contributed by atoms with Crippen molar-refractivity contribution in [2.24, 2.45) is 0 Å². The molecule has 1 N–H and O–H groups in total. The standard InChI is InChI=1S/C25H24N2O6/c1-16(14-31-13-12-20(28)29)32-24-22-21(17-8-10-19(30-2)11-9-17)23(18-6-4-3-5-7-18)33-25(22)27-15-26-24/h3-11,15-16H,12-14H2,1-2H3,(H,28,29)/t16-/m0/s1. The van der Waals surface area contributed by atoms with Crippen LogP contribution in [0, 0.1) is 0 Å². The first kappa shape index (κ1) is 22.3. The molecule has 0 saturated heterocycles. The number of fused-ring (bicyclic) bond motifs is 1. The van der Waals surface area contributed by atoms with Gasteiger partial charge >= 0.3 is 5.97 Å². The highest BCUT2D eigenvalue weighted by atomic mass is 16.5. The first-order valence-corrected chi connectivity index (χ1v) is 10.5. The van der Waals surface area contributed by atoms with Gasteiger partial charge in [-0.2, -0.15) is 0 Å². The molecule has 170 valence electrons. The van der Waals surface area contributed by atoms with Crippen LogP contribution in [0.5, 0.6) is 11.6 Å². The number of carboxylic acids is 1. The Kier molecular flexibility index (Phi) is 6.85. The molecule has 4 aromatic rings. The number of rotatable bonds is 10. The van der Waals surface area contributed by atoms with Crippen LogP contribution in [-0.4, -0.2) is 47.5 Å². The number of aromatic nitrogens is 2. The van der Waals surface area contributed by atoms with E-state index < -0.39 is 5.97 Å². The fraction of sp³-hybridized carbons (Fsp3) is 0.240. The maximum atomic E-state index is 10.7. The minimum Gasteiger partial charge on any atom is -0.497 e. The van der Waals surface area contributed by atoms with Crippen LogP contribution in [0.3, 0.4) is 0 Å². The summed E-state index contributed by atoms with van der Waals surface area (Å²) in [5.41, 5.74) is 3.02. The average molecular weight is 448 g/mol. The van der Waals surface area contributed by atoms with Gasteiger partial charge in [-0.25, -0.2) is 9.97 Å². The Morgan fingerprint density at radius 2 is 1.82 bits per heavy atom. The SMILES string of the molecule is COc1ccc(-c2c(-c3ccccc3)oc3ncnc(O[C@@H](C)COCCC(=O)O)c23)cc1. The van der Waals surface area contributed by atoms with E-state index >= 15 is 0 Å². The van der Waals surface area contributed by atoms with Gasteiger partial charge in [0.2, 0.25) is 11.6 Å². The van der Waals surface area contributed by atoms with Crippen molar-refractivity contribution in [3.8, 4) is 34.1 Å². The number of methoxy groups -OCH3 is 1. The van der Waals surface area contributed by atoms with Crippen LogP contribution in [0.25, 0.3) is 33.6 Å². The Labute approximate surface area is 190 Å². The molecule has 0 aliphatic carbocycles. The molecule has 0 aliphatic rings. The van der Waals surface area contributed by atoms with Gasteiger partial charge in [0, 0.05) is 11.1 Å². The summed E-state index contributed by atoms with van der Waals surface area (Å²) in [6.07, 6.45) is 0.968. The normalized spacial score (nSPS) is 11.9. The van der Waals surface area contributed by atoms with Crippen LogP contribution >= 0.6 is 0 Å². The van der Waals surface area contributed by atoms with E-state index in [0.717, 1.165) is 22.4 Å². The van der Waals surface area contributed by atoms with E-state index in [1.807, 2.05) is 61.5 Å². The van der Waals surface area contributed by atoms with Gasteiger partial charge in [-0.3, -0.25) is 4.79 Å². The third-order valence-electron chi connectivity index (χ3n) is 4.99. The van der Waals surface area contributed by atoms with Crippen molar-refractivity contribution in [2.75, 3.05) is 20.3 Å². The van der Waals surface area contributed by atoms with E-state index in [9.17, 15) is 4.79 Å². The number of hydrogen-bond acceptors (Lipinski definition) is 7. The van der Waals surface area contributed by atoms with E-state index in [1.165, 1.54) is 6.33 Å². The van der Waals surface area contributed by atoms with Crippen LogP contribution in [0.15, 0.2) is 65.3 Å². The maximum Gasteiger partial charge on any atom is 0.305 e. The number of aliphatic carboxylic acids is 1. The van der Waals surface area contributed by atoms with Crippen molar-refractivity contribution in [3.63, 3.8) is 0 Å². The van der Waals surface area contributed by atoms with E-state index in [2.05, 4.69) is 9.97 Å². The molecule has 0 unspecified atom stereocenters. The fourth-order valence-corrected chi connectivity index (χ4v) is 3.46. The van der Waals surface area contributed by atoms with E-state index in [4.69, 9.17) is 23.7 Å². The van der Waals surface area contributed by atoms with Crippen molar-refractivity contribution < 1.29 is 28.5 Å². The Hall–Kier alpha value is -3.91. The lowest BCUT2D eigenvalue weighted by Gasteiger charge is -2.15. The summed E-state index contributed by atoms with van der Waals surface area (Å²) in [5, 5.41) is 9.41. The quantitative estimate of drug-likeness (QED) is 0.344. The van der Waals surface area contributed by atoms with Crippen LogP contribution in [0.4, 0.5) is 0 Å². The first-order chi connectivity index (χ1) is 16.1.